The van der Waals surface area contributed by atoms with Crippen molar-refractivity contribution < 1.29 is 0 Å². The molecular formula is C10H12N2. The molecule has 0 spiro atoms. The summed E-state index contributed by atoms with van der Waals surface area (Å²) in [5, 5.41) is 7.01. The number of nitrogens with one attached hydrogen (secondary N) is 1. The number of hydrogen-bond acceptors (Lipinski definition) is 1. The lowest BCUT2D eigenvalue weighted by Crippen LogP contribution is -1.99. The van der Waals surface area contributed by atoms with Crippen LogP contribution in [0.25, 0.3) is 0 Å². The lowest BCUT2D eigenvalue weighted by atomic mass is 9.93. The fourth-order valence-corrected chi connectivity index (χ4v) is 1.52. The SMILES string of the molecule is CC1=CC=CC(c2cc[nH]n2)C1. The van der Waals surface area contributed by atoms with Crippen LogP contribution in [-0.4, -0.2) is 10.2 Å². The third kappa shape index (κ3) is 1.33. The van der Waals surface area contributed by atoms with Crippen molar-refractivity contribution in [2.24, 2.45) is 0 Å². The molecule has 1 atom stereocenters. The van der Waals surface area contributed by atoms with Crippen molar-refractivity contribution in [3.05, 3.63) is 41.8 Å². The summed E-state index contributed by atoms with van der Waals surface area (Å²) < 4.78 is 0. The summed E-state index contributed by atoms with van der Waals surface area (Å²) in [6.07, 6.45) is 9.43. The van der Waals surface area contributed by atoms with Crippen molar-refractivity contribution in [2.75, 3.05) is 0 Å². The molecule has 0 aliphatic heterocycles. The van der Waals surface area contributed by atoms with E-state index >= 15 is 0 Å². The van der Waals surface area contributed by atoms with Gasteiger partial charge in [0.25, 0.3) is 0 Å². The number of H-pyrrole nitrogens is 1. The van der Waals surface area contributed by atoms with Crippen LogP contribution in [0.15, 0.2) is 36.1 Å². The van der Waals surface area contributed by atoms with Gasteiger partial charge in [0.05, 0.1) is 5.69 Å². The van der Waals surface area contributed by atoms with Crippen LogP contribution < -0.4 is 0 Å². The monoisotopic (exact) mass is 160 g/mol. The van der Waals surface area contributed by atoms with E-state index in [1.165, 1.54) is 5.57 Å². The van der Waals surface area contributed by atoms with Crippen molar-refractivity contribution >= 4 is 0 Å². The predicted molar refractivity (Wildman–Crippen MR) is 48.8 cm³/mol. The highest BCUT2D eigenvalue weighted by atomic mass is 15.1. The van der Waals surface area contributed by atoms with Crippen molar-refractivity contribution in [1.29, 1.82) is 0 Å². The first-order valence-electron chi connectivity index (χ1n) is 4.20. The molecule has 2 rings (SSSR count). The Bertz CT molecular complexity index is 307. The molecule has 1 N–H and O–H groups in total. The largest absolute Gasteiger partial charge is 0.285 e. The van der Waals surface area contributed by atoms with Crippen LogP contribution in [0.5, 0.6) is 0 Å². The normalized spacial score (nSPS) is 22.4. The van der Waals surface area contributed by atoms with Gasteiger partial charge >= 0.3 is 0 Å². The molecule has 0 bridgehead atoms. The first kappa shape index (κ1) is 7.35. The summed E-state index contributed by atoms with van der Waals surface area (Å²) in [6, 6.07) is 2.04. The van der Waals surface area contributed by atoms with Gasteiger partial charge in [-0.1, -0.05) is 23.8 Å². The summed E-state index contributed by atoms with van der Waals surface area (Å²) in [5.74, 6) is 0.473. The third-order valence-electron chi connectivity index (χ3n) is 2.17. The quantitative estimate of drug-likeness (QED) is 0.671. The Labute approximate surface area is 72.0 Å². The van der Waals surface area contributed by atoms with Crippen molar-refractivity contribution in [3.8, 4) is 0 Å². The number of aromatic amines is 1. The van der Waals surface area contributed by atoms with E-state index in [9.17, 15) is 0 Å². The third-order valence-corrected chi connectivity index (χ3v) is 2.17. The van der Waals surface area contributed by atoms with E-state index in [4.69, 9.17) is 0 Å². The highest BCUT2D eigenvalue weighted by Gasteiger charge is 2.12. The van der Waals surface area contributed by atoms with E-state index < -0.39 is 0 Å². The lowest BCUT2D eigenvalue weighted by Gasteiger charge is -2.13. The zero-order chi connectivity index (χ0) is 8.39. The van der Waals surface area contributed by atoms with Gasteiger partial charge in [-0.2, -0.15) is 5.10 Å². The van der Waals surface area contributed by atoms with E-state index in [0.717, 1.165) is 12.1 Å². The average Bonchev–Trinajstić information content (AvgIpc) is 2.56. The summed E-state index contributed by atoms with van der Waals surface area (Å²) in [7, 11) is 0. The zero-order valence-electron chi connectivity index (χ0n) is 7.12. The van der Waals surface area contributed by atoms with Crippen molar-refractivity contribution in [3.63, 3.8) is 0 Å². The van der Waals surface area contributed by atoms with Gasteiger partial charge in [-0.05, 0) is 19.4 Å². The van der Waals surface area contributed by atoms with Crippen molar-refractivity contribution in [1.82, 2.24) is 10.2 Å². The molecule has 0 radical (unpaired) electrons. The molecule has 62 valence electrons. The molecule has 2 nitrogen and oxygen atoms in total. The fraction of sp³-hybridized carbons (Fsp3) is 0.300. The maximum atomic E-state index is 4.17. The highest BCUT2D eigenvalue weighted by molar-refractivity contribution is 5.26. The maximum Gasteiger partial charge on any atom is 0.0693 e. The molecule has 0 aromatic carbocycles. The summed E-state index contributed by atoms with van der Waals surface area (Å²) >= 11 is 0. The molecule has 1 aliphatic rings. The van der Waals surface area contributed by atoms with Gasteiger partial charge in [-0.3, -0.25) is 5.10 Å². The smallest absolute Gasteiger partial charge is 0.0693 e. The number of aromatic nitrogens is 2. The molecule has 1 aromatic heterocycles. The van der Waals surface area contributed by atoms with Gasteiger partial charge in [0.1, 0.15) is 0 Å². The van der Waals surface area contributed by atoms with Gasteiger partial charge in [-0.15, -0.1) is 0 Å². The Kier molecular flexibility index (Phi) is 1.82. The molecule has 1 aromatic rings. The molecule has 0 saturated heterocycles. The molecule has 1 unspecified atom stereocenters. The molecular weight excluding hydrogens is 148 g/mol. The van der Waals surface area contributed by atoms with Gasteiger partial charge in [-0.25, -0.2) is 0 Å². The number of allylic oxidation sites excluding steroid dienone is 4. The predicted octanol–water partition coefficient (Wildman–Crippen LogP) is 2.40. The van der Waals surface area contributed by atoms with E-state index in [0.29, 0.717) is 5.92 Å². The van der Waals surface area contributed by atoms with Gasteiger partial charge in [0, 0.05) is 12.1 Å². The number of hydrogen-bond donors (Lipinski definition) is 1. The zero-order valence-corrected chi connectivity index (χ0v) is 7.12. The fourth-order valence-electron chi connectivity index (χ4n) is 1.52. The molecule has 0 amide bonds. The standard InChI is InChI=1S/C10H12N2/c1-8-3-2-4-9(7-8)10-5-6-11-12-10/h2-6,9H,7H2,1H3,(H,11,12). The molecule has 0 saturated carbocycles. The van der Waals surface area contributed by atoms with Gasteiger partial charge in [0.2, 0.25) is 0 Å². The highest BCUT2D eigenvalue weighted by Crippen LogP contribution is 2.26. The molecule has 1 heterocycles. The van der Waals surface area contributed by atoms with Crippen LogP contribution in [0, 0.1) is 0 Å². The second-order valence-electron chi connectivity index (χ2n) is 3.21. The van der Waals surface area contributed by atoms with Crippen molar-refractivity contribution in [2.45, 2.75) is 19.3 Å². The summed E-state index contributed by atoms with van der Waals surface area (Å²) in [4.78, 5) is 0. The van der Waals surface area contributed by atoms with Crippen LogP contribution in [0.1, 0.15) is 25.0 Å². The van der Waals surface area contributed by atoms with Crippen LogP contribution in [0.3, 0.4) is 0 Å². The lowest BCUT2D eigenvalue weighted by molar-refractivity contribution is 0.775. The Balaban J connectivity index is 2.19. The molecule has 12 heavy (non-hydrogen) atoms. The van der Waals surface area contributed by atoms with E-state index in [2.05, 4.69) is 35.3 Å². The van der Waals surface area contributed by atoms with E-state index in [-0.39, 0.29) is 0 Å². The van der Waals surface area contributed by atoms with Crippen LogP contribution in [0.4, 0.5) is 0 Å². The second kappa shape index (κ2) is 2.97. The van der Waals surface area contributed by atoms with E-state index in [1.807, 2.05) is 12.3 Å². The van der Waals surface area contributed by atoms with E-state index in [1.54, 1.807) is 0 Å². The van der Waals surface area contributed by atoms with Gasteiger partial charge in [0.15, 0.2) is 0 Å². The molecule has 2 heteroatoms. The minimum atomic E-state index is 0.473. The van der Waals surface area contributed by atoms with Crippen LogP contribution in [0.2, 0.25) is 0 Å². The first-order chi connectivity index (χ1) is 5.86. The minimum absolute atomic E-state index is 0.473. The Morgan fingerprint density at radius 1 is 1.58 bits per heavy atom. The Morgan fingerprint density at radius 2 is 2.50 bits per heavy atom. The number of rotatable bonds is 1. The molecule has 1 aliphatic carbocycles. The molecule has 0 fully saturated rings. The summed E-state index contributed by atoms with van der Waals surface area (Å²) in [6.45, 7) is 2.16. The Hall–Kier alpha value is -1.31. The first-order valence-corrected chi connectivity index (χ1v) is 4.20. The average molecular weight is 160 g/mol. The topological polar surface area (TPSA) is 28.7 Å². The number of nitrogens with zero attached hydrogens (tertiary/aromatic N) is 1. The van der Waals surface area contributed by atoms with Gasteiger partial charge < -0.3 is 0 Å². The van der Waals surface area contributed by atoms with Crippen LogP contribution >= 0.6 is 0 Å². The summed E-state index contributed by atoms with van der Waals surface area (Å²) in [5.41, 5.74) is 2.56. The Morgan fingerprint density at radius 3 is 3.17 bits per heavy atom. The maximum absolute atomic E-state index is 4.17. The van der Waals surface area contributed by atoms with Crippen LogP contribution in [-0.2, 0) is 0 Å². The minimum Gasteiger partial charge on any atom is -0.285 e. The second-order valence-corrected chi connectivity index (χ2v) is 3.21.